The van der Waals surface area contributed by atoms with Gasteiger partial charge in [-0.15, -0.1) is 0 Å². The molecule has 9 heteroatoms. The third kappa shape index (κ3) is 4.93. The van der Waals surface area contributed by atoms with E-state index in [-0.39, 0.29) is 29.2 Å². The van der Waals surface area contributed by atoms with Crippen LogP contribution in [0.5, 0.6) is 0 Å². The highest BCUT2D eigenvalue weighted by Gasteiger charge is 2.36. The van der Waals surface area contributed by atoms with E-state index < -0.39 is 9.84 Å². The van der Waals surface area contributed by atoms with Gasteiger partial charge in [0.2, 0.25) is 0 Å². The molecule has 1 unspecified atom stereocenters. The summed E-state index contributed by atoms with van der Waals surface area (Å²) < 4.78 is 30.2. The molecule has 0 aliphatic carbocycles. The summed E-state index contributed by atoms with van der Waals surface area (Å²) >= 11 is 1.44. The number of nitrogens with zero attached hydrogens (tertiary/aromatic N) is 3. The highest BCUT2D eigenvalue weighted by molar-refractivity contribution is 7.98. The number of thioether (sulfide) groups is 1. The number of furan rings is 1. The summed E-state index contributed by atoms with van der Waals surface area (Å²) in [6.07, 6.45) is 5.56. The smallest absolute Gasteiger partial charge is 0.290 e. The summed E-state index contributed by atoms with van der Waals surface area (Å²) in [6.45, 7) is 2.57. The maximum absolute atomic E-state index is 13.6. The van der Waals surface area contributed by atoms with Crippen LogP contribution in [-0.4, -0.2) is 53.3 Å². The lowest BCUT2D eigenvalue weighted by Crippen LogP contribution is -2.42. The molecule has 1 aromatic carbocycles. The number of benzene rings is 1. The first-order chi connectivity index (χ1) is 15.0. The highest BCUT2D eigenvalue weighted by atomic mass is 32.2. The van der Waals surface area contributed by atoms with Gasteiger partial charge in [0.05, 0.1) is 11.5 Å². The van der Waals surface area contributed by atoms with Crippen LogP contribution in [0.1, 0.15) is 42.3 Å². The Balaban J connectivity index is 1.68. The third-order valence-electron chi connectivity index (χ3n) is 5.44. The summed E-state index contributed by atoms with van der Waals surface area (Å²) in [6, 6.07) is 9.01. The maximum Gasteiger partial charge on any atom is 0.290 e. The normalized spacial score (nSPS) is 17.8. The van der Waals surface area contributed by atoms with Crippen LogP contribution in [0, 0.1) is 0 Å². The van der Waals surface area contributed by atoms with E-state index in [2.05, 4.69) is 16.9 Å². The van der Waals surface area contributed by atoms with Gasteiger partial charge in [0.15, 0.2) is 20.8 Å². The number of fused-ring (bicyclic) bond motifs is 1. The summed E-state index contributed by atoms with van der Waals surface area (Å²) in [5.41, 5.74) is 1.44. The first-order valence-electron chi connectivity index (χ1n) is 10.4. The summed E-state index contributed by atoms with van der Waals surface area (Å²) in [5.74, 6) is 0.667. The van der Waals surface area contributed by atoms with E-state index >= 15 is 0 Å². The minimum absolute atomic E-state index is 0.0185. The number of para-hydroxylation sites is 1. The van der Waals surface area contributed by atoms with E-state index in [1.54, 1.807) is 23.4 Å². The number of aromatic nitrogens is 2. The average Bonchev–Trinajstić information content (AvgIpc) is 3.33. The molecule has 0 bridgehead atoms. The lowest BCUT2D eigenvalue weighted by Gasteiger charge is -2.27. The van der Waals surface area contributed by atoms with Crippen LogP contribution in [0.25, 0.3) is 11.0 Å². The molecule has 2 aromatic heterocycles. The van der Waals surface area contributed by atoms with Gasteiger partial charge in [0, 0.05) is 41.7 Å². The molecule has 4 rings (SSSR count). The van der Waals surface area contributed by atoms with Crippen LogP contribution in [0.15, 0.2) is 52.3 Å². The number of sulfone groups is 1. The van der Waals surface area contributed by atoms with E-state index in [1.165, 1.54) is 11.8 Å². The molecule has 1 atom stereocenters. The minimum Gasteiger partial charge on any atom is -0.451 e. The Morgan fingerprint density at radius 2 is 2.00 bits per heavy atom. The fourth-order valence-electron chi connectivity index (χ4n) is 3.84. The van der Waals surface area contributed by atoms with Crippen molar-refractivity contribution >= 4 is 38.5 Å². The Labute approximate surface area is 186 Å². The van der Waals surface area contributed by atoms with Crippen molar-refractivity contribution in [3.05, 3.63) is 54.0 Å². The quantitative estimate of drug-likeness (QED) is 0.372. The molecule has 3 aromatic rings. The zero-order valence-corrected chi connectivity index (χ0v) is 19.0. The number of carbonyl (C=O) groups excluding carboxylic acids is 1. The predicted molar refractivity (Wildman–Crippen MR) is 121 cm³/mol. The van der Waals surface area contributed by atoms with E-state index in [9.17, 15) is 13.2 Å². The minimum atomic E-state index is -3.11. The van der Waals surface area contributed by atoms with Gasteiger partial charge >= 0.3 is 0 Å². The number of amides is 1. The number of hydrogen-bond donors (Lipinski definition) is 0. The summed E-state index contributed by atoms with van der Waals surface area (Å²) in [7, 11) is -3.11. The zero-order valence-electron chi connectivity index (χ0n) is 17.4. The van der Waals surface area contributed by atoms with Gasteiger partial charge in [-0.3, -0.25) is 4.79 Å². The predicted octanol–water partition coefficient (Wildman–Crippen LogP) is 3.94. The van der Waals surface area contributed by atoms with Crippen molar-refractivity contribution in [1.29, 1.82) is 0 Å². The number of rotatable bonds is 8. The molecule has 0 radical (unpaired) electrons. The molecule has 164 valence electrons. The Kier molecular flexibility index (Phi) is 6.62. The highest BCUT2D eigenvalue weighted by Crippen LogP contribution is 2.33. The van der Waals surface area contributed by atoms with Crippen LogP contribution in [0.2, 0.25) is 0 Å². The molecular formula is C22H25N3O4S2. The second-order valence-electron chi connectivity index (χ2n) is 7.63. The standard InChI is InChI=1S/C22H25N3O4S2/c1-2-3-12-25(16-9-13-31(27,28)15-16)21(26)20-18(14-30-22-23-10-6-11-24-22)17-7-4-5-8-19(17)29-20/h4-8,10-11,16H,2-3,9,12-15H2,1H3. The lowest BCUT2D eigenvalue weighted by molar-refractivity contribution is 0.0663. The van der Waals surface area contributed by atoms with Gasteiger partial charge in [-0.2, -0.15) is 0 Å². The summed E-state index contributed by atoms with van der Waals surface area (Å²) in [4.78, 5) is 23.8. The molecule has 0 N–H and O–H groups in total. The number of carbonyl (C=O) groups is 1. The molecule has 1 aliphatic rings. The first-order valence-corrected chi connectivity index (χ1v) is 13.2. The Morgan fingerprint density at radius 1 is 1.23 bits per heavy atom. The lowest BCUT2D eigenvalue weighted by atomic mass is 10.1. The monoisotopic (exact) mass is 459 g/mol. The van der Waals surface area contributed by atoms with Crippen molar-refractivity contribution in [3.8, 4) is 0 Å². The fourth-order valence-corrected chi connectivity index (χ4v) is 6.40. The van der Waals surface area contributed by atoms with Crippen molar-refractivity contribution in [3.63, 3.8) is 0 Å². The SMILES string of the molecule is CCCCN(C(=O)c1oc2ccccc2c1CSc1ncccn1)C1CCS(=O)(=O)C1. The molecule has 0 spiro atoms. The van der Waals surface area contributed by atoms with Gasteiger partial charge in [-0.1, -0.05) is 43.3 Å². The Bertz CT molecular complexity index is 1160. The molecule has 1 fully saturated rings. The Morgan fingerprint density at radius 3 is 2.71 bits per heavy atom. The van der Waals surface area contributed by atoms with Gasteiger partial charge in [-0.25, -0.2) is 18.4 Å². The largest absolute Gasteiger partial charge is 0.451 e. The van der Waals surface area contributed by atoms with Crippen molar-refractivity contribution < 1.29 is 17.6 Å². The van der Waals surface area contributed by atoms with E-state index in [1.807, 2.05) is 24.3 Å². The molecule has 3 heterocycles. The van der Waals surface area contributed by atoms with Crippen molar-refractivity contribution in [2.45, 2.75) is 43.1 Å². The molecular weight excluding hydrogens is 434 g/mol. The molecule has 1 saturated heterocycles. The second kappa shape index (κ2) is 9.40. The van der Waals surface area contributed by atoms with Crippen LogP contribution < -0.4 is 0 Å². The van der Waals surface area contributed by atoms with Crippen LogP contribution in [0.3, 0.4) is 0 Å². The van der Waals surface area contributed by atoms with Gasteiger partial charge in [-0.05, 0) is 25.0 Å². The fraction of sp³-hybridized carbons (Fsp3) is 0.409. The van der Waals surface area contributed by atoms with Gasteiger partial charge in [0.1, 0.15) is 5.58 Å². The van der Waals surface area contributed by atoms with Crippen molar-refractivity contribution in [2.24, 2.45) is 0 Å². The number of unbranched alkanes of at least 4 members (excludes halogenated alkanes) is 1. The number of hydrogen-bond acceptors (Lipinski definition) is 7. The molecule has 1 amide bonds. The van der Waals surface area contributed by atoms with Crippen molar-refractivity contribution in [1.82, 2.24) is 14.9 Å². The third-order valence-corrected chi connectivity index (χ3v) is 8.10. The van der Waals surface area contributed by atoms with Crippen LogP contribution in [0.4, 0.5) is 0 Å². The molecule has 7 nitrogen and oxygen atoms in total. The van der Waals surface area contributed by atoms with E-state index in [0.29, 0.717) is 29.5 Å². The van der Waals surface area contributed by atoms with Crippen LogP contribution in [-0.2, 0) is 15.6 Å². The Hall–Kier alpha value is -2.39. The molecule has 1 aliphatic heterocycles. The van der Waals surface area contributed by atoms with Crippen LogP contribution >= 0.6 is 11.8 Å². The molecule has 0 saturated carbocycles. The maximum atomic E-state index is 13.6. The summed E-state index contributed by atoms with van der Waals surface area (Å²) in [5, 5.41) is 1.50. The average molecular weight is 460 g/mol. The van der Waals surface area contributed by atoms with E-state index in [0.717, 1.165) is 23.8 Å². The topological polar surface area (TPSA) is 93.4 Å². The first kappa shape index (κ1) is 21.8. The molecule has 31 heavy (non-hydrogen) atoms. The van der Waals surface area contributed by atoms with Gasteiger partial charge < -0.3 is 9.32 Å². The second-order valence-corrected chi connectivity index (χ2v) is 10.8. The van der Waals surface area contributed by atoms with Crippen molar-refractivity contribution in [2.75, 3.05) is 18.1 Å². The zero-order chi connectivity index (χ0) is 21.8. The van der Waals surface area contributed by atoms with Gasteiger partial charge in [0.25, 0.3) is 5.91 Å². The van der Waals surface area contributed by atoms with E-state index in [4.69, 9.17) is 4.42 Å².